The maximum atomic E-state index is 10.00. The van der Waals surface area contributed by atoms with E-state index in [-0.39, 0.29) is 6.10 Å². The van der Waals surface area contributed by atoms with E-state index >= 15 is 0 Å². The summed E-state index contributed by atoms with van der Waals surface area (Å²) in [6.45, 7) is 8.63. The lowest BCUT2D eigenvalue weighted by atomic mass is 9.87. The number of aliphatic hydroxyl groups excluding tert-OH is 1. The van der Waals surface area contributed by atoms with Crippen LogP contribution < -0.4 is 0 Å². The summed E-state index contributed by atoms with van der Waals surface area (Å²) >= 11 is 14.3. The van der Waals surface area contributed by atoms with E-state index in [9.17, 15) is 5.11 Å². The van der Waals surface area contributed by atoms with Crippen molar-refractivity contribution in [2.75, 3.05) is 32.7 Å². The van der Waals surface area contributed by atoms with Crippen LogP contribution in [0.1, 0.15) is 49.7 Å². The van der Waals surface area contributed by atoms with E-state index in [1.807, 2.05) is 12.1 Å². The number of hydrogen-bond acceptors (Lipinski definition) is 4. The van der Waals surface area contributed by atoms with Crippen molar-refractivity contribution < 1.29 is 5.11 Å². The Morgan fingerprint density at radius 1 is 1.13 bits per heavy atom. The van der Waals surface area contributed by atoms with Crippen LogP contribution in [0.4, 0.5) is 0 Å². The second-order valence-corrected chi connectivity index (χ2v) is 11.0. The molecule has 1 N–H and O–H groups in total. The van der Waals surface area contributed by atoms with Gasteiger partial charge in [0.05, 0.1) is 6.10 Å². The summed E-state index contributed by atoms with van der Waals surface area (Å²) in [7, 11) is 0. The lowest BCUT2D eigenvalue weighted by molar-refractivity contribution is 0.0984. The summed E-state index contributed by atoms with van der Waals surface area (Å²) in [5, 5.41) is 16.0. The number of thiophene rings is 1. The molecule has 1 aromatic carbocycles. The summed E-state index contributed by atoms with van der Waals surface area (Å²) in [4.78, 5) is 5.23. The monoisotopic (exact) mass is 480 g/mol. The van der Waals surface area contributed by atoms with Crippen molar-refractivity contribution in [2.24, 2.45) is 11.8 Å². The topological polar surface area (TPSA) is 26.7 Å². The third kappa shape index (κ3) is 6.25. The van der Waals surface area contributed by atoms with E-state index in [4.69, 9.17) is 23.2 Å². The summed E-state index contributed by atoms with van der Waals surface area (Å²) in [5.41, 5.74) is 2.65. The van der Waals surface area contributed by atoms with Crippen molar-refractivity contribution in [3.05, 3.63) is 56.2 Å². The van der Waals surface area contributed by atoms with Crippen LogP contribution in [0.25, 0.3) is 0 Å². The Hall–Kier alpha value is -0.620. The molecule has 0 amide bonds. The largest absolute Gasteiger partial charge is 0.393 e. The van der Waals surface area contributed by atoms with Crippen molar-refractivity contribution in [1.82, 2.24) is 9.80 Å². The van der Waals surface area contributed by atoms with Crippen LogP contribution in [0.3, 0.4) is 0 Å². The highest BCUT2D eigenvalue weighted by molar-refractivity contribution is 7.08. The van der Waals surface area contributed by atoms with Crippen LogP contribution >= 0.6 is 34.5 Å². The van der Waals surface area contributed by atoms with Crippen LogP contribution in [0, 0.1) is 11.8 Å². The minimum Gasteiger partial charge on any atom is -0.393 e. The molecule has 2 aromatic rings. The van der Waals surface area contributed by atoms with Gasteiger partial charge in [-0.1, -0.05) is 36.2 Å². The van der Waals surface area contributed by atoms with E-state index in [0.717, 1.165) is 62.7 Å². The van der Waals surface area contributed by atoms with Crippen molar-refractivity contribution in [2.45, 2.75) is 51.2 Å². The van der Waals surface area contributed by atoms with Gasteiger partial charge in [-0.15, -0.1) is 0 Å². The minimum atomic E-state index is -0.123. The fourth-order valence-electron chi connectivity index (χ4n) is 5.32. The minimum absolute atomic E-state index is 0.123. The molecule has 2 saturated heterocycles. The molecule has 0 aliphatic carbocycles. The van der Waals surface area contributed by atoms with Gasteiger partial charge in [0.2, 0.25) is 0 Å². The van der Waals surface area contributed by atoms with Crippen LogP contribution in [0.2, 0.25) is 10.0 Å². The predicted molar refractivity (Wildman–Crippen MR) is 132 cm³/mol. The quantitative estimate of drug-likeness (QED) is 0.490. The SMILES string of the molecule is CC[C@H](O)CC1CCN(CC2CN(Cc3ccc(Cl)cc3Cl)CC2c2ccsc2)CC1. The Kier molecular flexibility index (Phi) is 8.35. The van der Waals surface area contributed by atoms with Crippen molar-refractivity contribution in [3.63, 3.8) is 0 Å². The molecular weight excluding hydrogens is 447 g/mol. The lowest BCUT2D eigenvalue weighted by Gasteiger charge is -2.35. The molecule has 1 aromatic heterocycles. The number of rotatable bonds is 8. The molecule has 170 valence electrons. The van der Waals surface area contributed by atoms with Gasteiger partial charge in [-0.3, -0.25) is 4.90 Å². The molecule has 0 bridgehead atoms. The number of halogens is 2. The summed E-state index contributed by atoms with van der Waals surface area (Å²) in [5.74, 6) is 1.90. The van der Waals surface area contributed by atoms with Crippen molar-refractivity contribution in [1.29, 1.82) is 0 Å². The molecule has 3 nitrogen and oxygen atoms in total. The Morgan fingerprint density at radius 2 is 1.94 bits per heavy atom. The fourth-order valence-corrected chi connectivity index (χ4v) is 6.51. The number of nitrogens with zero attached hydrogens (tertiary/aromatic N) is 2. The highest BCUT2D eigenvalue weighted by Crippen LogP contribution is 2.36. The average molecular weight is 482 g/mol. The predicted octanol–water partition coefficient (Wildman–Crippen LogP) is 6.14. The molecule has 3 atom stereocenters. The van der Waals surface area contributed by atoms with Gasteiger partial charge in [0.15, 0.2) is 0 Å². The summed E-state index contributed by atoms with van der Waals surface area (Å²) in [6, 6.07) is 8.15. The van der Waals surface area contributed by atoms with Gasteiger partial charge < -0.3 is 10.0 Å². The molecule has 2 unspecified atom stereocenters. The number of benzene rings is 1. The summed E-state index contributed by atoms with van der Waals surface area (Å²) < 4.78 is 0. The number of aliphatic hydroxyl groups is 1. The maximum Gasteiger partial charge on any atom is 0.0540 e. The van der Waals surface area contributed by atoms with Crippen LogP contribution in [0.15, 0.2) is 35.0 Å². The zero-order chi connectivity index (χ0) is 21.8. The highest BCUT2D eigenvalue weighted by Gasteiger charge is 2.36. The number of hydrogen-bond donors (Lipinski definition) is 1. The van der Waals surface area contributed by atoms with Crippen molar-refractivity contribution >= 4 is 34.5 Å². The second kappa shape index (κ2) is 11.0. The molecule has 2 aliphatic rings. The van der Waals surface area contributed by atoms with Crippen molar-refractivity contribution in [3.8, 4) is 0 Å². The molecule has 31 heavy (non-hydrogen) atoms. The van der Waals surface area contributed by atoms with Gasteiger partial charge in [-0.2, -0.15) is 11.3 Å². The fraction of sp³-hybridized carbons (Fsp3) is 0.600. The number of likely N-dealkylation sites (tertiary alicyclic amines) is 2. The lowest BCUT2D eigenvalue weighted by Crippen LogP contribution is -2.39. The highest BCUT2D eigenvalue weighted by atomic mass is 35.5. The molecule has 2 aliphatic heterocycles. The molecule has 4 rings (SSSR count). The normalized spacial score (nSPS) is 24.6. The standard InChI is InChI=1S/C25H34Cl2N2OS/c1-2-23(30)11-18-5-8-28(9-6-18)14-21-15-29(16-24(21)20-7-10-31-17-20)13-19-3-4-22(26)12-25(19)27/h3-4,7,10,12,17-18,21,23-24,30H,2,5-6,8-9,11,13-16H2,1H3/t21?,23-,24?/m0/s1. The van der Waals surface area contributed by atoms with Crippen LogP contribution in [-0.4, -0.2) is 53.7 Å². The average Bonchev–Trinajstić information content (AvgIpc) is 3.41. The Morgan fingerprint density at radius 3 is 2.61 bits per heavy atom. The van der Waals surface area contributed by atoms with Gasteiger partial charge in [0.25, 0.3) is 0 Å². The van der Waals surface area contributed by atoms with Gasteiger partial charge in [0.1, 0.15) is 0 Å². The van der Waals surface area contributed by atoms with Gasteiger partial charge >= 0.3 is 0 Å². The second-order valence-electron chi connectivity index (χ2n) is 9.39. The Bertz CT molecular complexity index is 823. The molecule has 0 saturated carbocycles. The van der Waals surface area contributed by atoms with E-state index in [0.29, 0.717) is 22.8 Å². The Labute approximate surface area is 201 Å². The first kappa shape index (κ1) is 23.5. The molecule has 6 heteroatoms. The molecular formula is C25H34Cl2N2OS. The first-order chi connectivity index (χ1) is 15.0. The van der Waals surface area contributed by atoms with E-state index in [2.05, 4.69) is 39.6 Å². The van der Waals surface area contributed by atoms with E-state index < -0.39 is 0 Å². The molecule has 2 fully saturated rings. The Balaban J connectivity index is 1.37. The third-order valence-corrected chi connectivity index (χ3v) is 8.46. The zero-order valence-electron chi connectivity index (χ0n) is 18.4. The molecule has 0 spiro atoms. The van der Waals surface area contributed by atoms with Crippen LogP contribution in [-0.2, 0) is 6.54 Å². The molecule has 0 radical (unpaired) electrons. The van der Waals surface area contributed by atoms with E-state index in [1.165, 1.54) is 18.4 Å². The van der Waals surface area contributed by atoms with Gasteiger partial charge in [-0.25, -0.2) is 0 Å². The molecule has 3 heterocycles. The third-order valence-electron chi connectivity index (χ3n) is 7.17. The van der Waals surface area contributed by atoms with Gasteiger partial charge in [-0.05, 0) is 90.7 Å². The first-order valence-electron chi connectivity index (χ1n) is 11.6. The van der Waals surface area contributed by atoms with Crippen LogP contribution in [0.5, 0.6) is 0 Å². The smallest absolute Gasteiger partial charge is 0.0540 e. The van der Waals surface area contributed by atoms with Gasteiger partial charge in [0, 0.05) is 42.1 Å². The zero-order valence-corrected chi connectivity index (χ0v) is 20.7. The maximum absolute atomic E-state index is 10.00. The number of piperidine rings is 1. The summed E-state index contributed by atoms with van der Waals surface area (Å²) in [6.07, 6.45) is 4.16. The van der Waals surface area contributed by atoms with E-state index in [1.54, 1.807) is 11.3 Å². The first-order valence-corrected chi connectivity index (χ1v) is 13.3.